The van der Waals surface area contributed by atoms with Gasteiger partial charge in [0.05, 0.1) is 17.9 Å². The lowest BCUT2D eigenvalue weighted by atomic mass is 9.96. The van der Waals surface area contributed by atoms with Crippen LogP contribution in [0.1, 0.15) is 41.7 Å². The molecule has 2 aromatic heterocycles. The quantitative estimate of drug-likeness (QED) is 0.880. The number of carbonyl (C=O) groups excluding carboxylic acids is 1. The highest BCUT2D eigenvalue weighted by Crippen LogP contribution is 2.23. The van der Waals surface area contributed by atoms with Crippen molar-refractivity contribution in [1.82, 2.24) is 30.0 Å². The van der Waals surface area contributed by atoms with Crippen molar-refractivity contribution in [3.63, 3.8) is 0 Å². The van der Waals surface area contributed by atoms with Crippen molar-refractivity contribution in [3.05, 3.63) is 35.2 Å². The van der Waals surface area contributed by atoms with Crippen LogP contribution in [0.4, 0.5) is 0 Å². The molecule has 1 fully saturated rings. The third kappa shape index (κ3) is 2.96. The average molecular weight is 328 g/mol. The van der Waals surface area contributed by atoms with Gasteiger partial charge in [-0.15, -0.1) is 0 Å². The van der Waals surface area contributed by atoms with Crippen LogP contribution in [0, 0.1) is 6.92 Å². The predicted octanol–water partition coefficient (Wildman–Crippen LogP) is 0.967. The Hall–Kier alpha value is -2.15. The number of H-pyrrole nitrogens is 1. The summed E-state index contributed by atoms with van der Waals surface area (Å²) in [5.41, 5.74) is 3.35. The van der Waals surface area contributed by atoms with Crippen molar-refractivity contribution >= 4 is 5.91 Å². The molecule has 1 saturated heterocycles. The molecule has 1 atom stereocenters. The minimum atomic E-state index is 0.127. The summed E-state index contributed by atoms with van der Waals surface area (Å²) >= 11 is 0. The lowest BCUT2D eigenvalue weighted by Crippen LogP contribution is -2.39. The van der Waals surface area contributed by atoms with Gasteiger partial charge in [0.25, 0.3) is 0 Å². The van der Waals surface area contributed by atoms with Crippen LogP contribution >= 0.6 is 0 Å². The van der Waals surface area contributed by atoms with Crippen molar-refractivity contribution in [2.75, 3.05) is 19.6 Å². The Labute approximate surface area is 141 Å². The number of fused-ring (bicyclic) bond motifs is 1. The van der Waals surface area contributed by atoms with Crippen molar-refractivity contribution in [3.8, 4) is 0 Å². The molecule has 0 radical (unpaired) electrons. The van der Waals surface area contributed by atoms with Gasteiger partial charge in [-0.25, -0.2) is 4.98 Å². The highest BCUT2D eigenvalue weighted by atomic mass is 16.2. The Morgan fingerprint density at radius 2 is 2.38 bits per heavy atom. The highest BCUT2D eigenvalue weighted by Gasteiger charge is 2.25. The van der Waals surface area contributed by atoms with E-state index in [1.54, 1.807) is 0 Å². The Bertz CT molecular complexity index is 727. The fraction of sp³-hybridized carbons (Fsp3) is 0.588. The van der Waals surface area contributed by atoms with E-state index < -0.39 is 0 Å². The lowest BCUT2D eigenvalue weighted by molar-refractivity contribution is -0.133. The van der Waals surface area contributed by atoms with Gasteiger partial charge in [0, 0.05) is 37.3 Å². The van der Waals surface area contributed by atoms with Gasteiger partial charge in [0.15, 0.2) is 0 Å². The fourth-order valence-corrected chi connectivity index (χ4v) is 3.80. The number of imidazole rings is 1. The van der Waals surface area contributed by atoms with Crippen LogP contribution in [0.25, 0.3) is 0 Å². The van der Waals surface area contributed by atoms with Crippen LogP contribution in [-0.4, -0.2) is 50.2 Å². The van der Waals surface area contributed by atoms with Gasteiger partial charge in [-0.1, -0.05) is 0 Å². The maximum atomic E-state index is 12.7. The number of piperidine rings is 1. The van der Waals surface area contributed by atoms with Crippen molar-refractivity contribution in [1.29, 1.82) is 0 Å². The third-order valence-corrected chi connectivity index (χ3v) is 5.05. The molecule has 128 valence electrons. The first-order chi connectivity index (χ1) is 11.7. The summed E-state index contributed by atoms with van der Waals surface area (Å²) in [5.74, 6) is 1.51. The van der Waals surface area contributed by atoms with Gasteiger partial charge in [-0.2, -0.15) is 5.10 Å². The molecule has 2 aliphatic rings. The van der Waals surface area contributed by atoms with Gasteiger partial charge >= 0.3 is 0 Å². The molecule has 24 heavy (non-hydrogen) atoms. The smallest absolute Gasteiger partial charge is 0.244 e. The number of hydrogen-bond acceptors (Lipinski definition) is 4. The van der Waals surface area contributed by atoms with Crippen LogP contribution in [0.15, 0.2) is 12.3 Å². The van der Waals surface area contributed by atoms with Crippen molar-refractivity contribution in [2.24, 2.45) is 0 Å². The standard InChI is InChI=1S/C17H24N6O/c1-12-20-14-5-8-22(10-15(14)21-12)17(24)11-23-16(4-7-19-23)13-3-2-6-18-9-13/h4,7,13,18H,2-3,5-6,8-11H2,1H3,(H,20,21). The Kier molecular flexibility index (Phi) is 4.10. The number of amides is 1. The number of rotatable bonds is 3. The molecule has 1 amide bonds. The molecule has 0 aromatic carbocycles. The molecule has 2 N–H and O–H groups in total. The van der Waals surface area contributed by atoms with Gasteiger partial charge < -0.3 is 15.2 Å². The molecule has 0 bridgehead atoms. The van der Waals surface area contributed by atoms with Crippen LogP contribution in [-0.2, 0) is 24.3 Å². The Balaban J connectivity index is 1.44. The molecule has 2 aliphatic heterocycles. The van der Waals surface area contributed by atoms with E-state index in [1.165, 1.54) is 12.1 Å². The number of nitrogens with one attached hydrogen (secondary N) is 2. The number of aromatic amines is 1. The van der Waals surface area contributed by atoms with Crippen LogP contribution in [0.2, 0.25) is 0 Å². The second-order valence-corrected chi connectivity index (χ2v) is 6.77. The number of aromatic nitrogens is 4. The minimum absolute atomic E-state index is 0.127. The summed E-state index contributed by atoms with van der Waals surface area (Å²) in [6.45, 7) is 5.69. The molecule has 0 saturated carbocycles. The number of nitrogens with zero attached hydrogens (tertiary/aromatic N) is 4. The van der Waals surface area contributed by atoms with E-state index in [1.807, 2.05) is 22.7 Å². The van der Waals surface area contributed by atoms with Crippen molar-refractivity contribution in [2.45, 2.75) is 45.2 Å². The third-order valence-electron chi connectivity index (χ3n) is 5.05. The molecule has 7 nitrogen and oxygen atoms in total. The lowest BCUT2D eigenvalue weighted by Gasteiger charge is -2.27. The number of hydrogen-bond donors (Lipinski definition) is 2. The van der Waals surface area contributed by atoms with Gasteiger partial charge in [0.1, 0.15) is 12.4 Å². The molecule has 4 rings (SSSR count). The van der Waals surface area contributed by atoms with E-state index in [0.717, 1.165) is 49.7 Å². The summed E-state index contributed by atoms with van der Waals surface area (Å²) in [5, 5.41) is 7.83. The SMILES string of the molecule is Cc1nc2c([nH]1)CN(C(=O)Cn1nccc1C1CCCNC1)CC2. The van der Waals surface area contributed by atoms with Gasteiger partial charge in [-0.3, -0.25) is 9.48 Å². The molecule has 4 heterocycles. The van der Waals surface area contributed by atoms with E-state index >= 15 is 0 Å². The second kappa shape index (κ2) is 6.39. The van der Waals surface area contributed by atoms with Crippen LogP contribution in [0.5, 0.6) is 0 Å². The fourth-order valence-electron chi connectivity index (χ4n) is 3.80. The van der Waals surface area contributed by atoms with E-state index in [9.17, 15) is 4.79 Å². The monoisotopic (exact) mass is 328 g/mol. The molecule has 1 unspecified atom stereocenters. The average Bonchev–Trinajstić information content (AvgIpc) is 3.20. The number of carbonyl (C=O) groups is 1. The molecule has 7 heteroatoms. The maximum absolute atomic E-state index is 12.7. The summed E-state index contributed by atoms with van der Waals surface area (Å²) in [7, 11) is 0. The summed E-state index contributed by atoms with van der Waals surface area (Å²) < 4.78 is 1.88. The largest absolute Gasteiger partial charge is 0.344 e. The maximum Gasteiger partial charge on any atom is 0.244 e. The zero-order chi connectivity index (χ0) is 16.5. The van der Waals surface area contributed by atoms with E-state index in [0.29, 0.717) is 19.0 Å². The van der Waals surface area contributed by atoms with E-state index in [2.05, 4.69) is 26.4 Å². The molecular weight excluding hydrogens is 304 g/mol. The molecule has 0 aliphatic carbocycles. The highest BCUT2D eigenvalue weighted by molar-refractivity contribution is 5.76. The van der Waals surface area contributed by atoms with Crippen LogP contribution in [0.3, 0.4) is 0 Å². The first-order valence-electron chi connectivity index (χ1n) is 8.75. The first-order valence-corrected chi connectivity index (χ1v) is 8.75. The second-order valence-electron chi connectivity index (χ2n) is 6.77. The zero-order valence-corrected chi connectivity index (χ0v) is 14.1. The number of aryl methyl sites for hydroxylation is 1. The Morgan fingerprint density at radius 1 is 1.46 bits per heavy atom. The summed E-state index contributed by atoms with van der Waals surface area (Å²) in [6.07, 6.45) is 4.97. The Morgan fingerprint density at radius 3 is 3.21 bits per heavy atom. The van der Waals surface area contributed by atoms with Gasteiger partial charge in [-0.05, 0) is 32.4 Å². The van der Waals surface area contributed by atoms with Gasteiger partial charge in [0.2, 0.25) is 5.91 Å². The molecule has 2 aromatic rings. The molecular formula is C17H24N6O. The predicted molar refractivity (Wildman–Crippen MR) is 89.5 cm³/mol. The first kappa shape index (κ1) is 15.4. The van der Waals surface area contributed by atoms with E-state index in [-0.39, 0.29) is 5.91 Å². The summed E-state index contributed by atoms with van der Waals surface area (Å²) in [4.78, 5) is 22.4. The topological polar surface area (TPSA) is 78.8 Å². The normalized spacial score (nSPS) is 20.9. The summed E-state index contributed by atoms with van der Waals surface area (Å²) in [6, 6.07) is 2.05. The minimum Gasteiger partial charge on any atom is -0.344 e. The van der Waals surface area contributed by atoms with E-state index in [4.69, 9.17) is 0 Å². The van der Waals surface area contributed by atoms with Crippen LogP contribution < -0.4 is 5.32 Å². The molecule has 0 spiro atoms. The van der Waals surface area contributed by atoms with Crippen molar-refractivity contribution < 1.29 is 4.79 Å². The zero-order valence-electron chi connectivity index (χ0n) is 14.1.